The second kappa shape index (κ2) is 6.69. The highest BCUT2D eigenvalue weighted by atomic mass is 16.5. The summed E-state index contributed by atoms with van der Waals surface area (Å²) in [6.45, 7) is 0. The second-order valence-corrected chi connectivity index (χ2v) is 9.30. The lowest BCUT2D eigenvalue weighted by Crippen LogP contribution is -2.35. The minimum absolute atomic E-state index is 0.00369. The van der Waals surface area contributed by atoms with Crippen LogP contribution < -0.4 is 0 Å². The van der Waals surface area contributed by atoms with Gasteiger partial charge in [-0.2, -0.15) is 0 Å². The Hall–Kier alpha value is -1.31. The van der Waals surface area contributed by atoms with E-state index in [4.69, 9.17) is 4.74 Å². The van der Waals surface area contributed by atoms with Crippen molar-refractivity contribution in [1.82, 2.24) is 0 Å². The Labute approximate surface area is 157 Å². The quantitative estimate of drug-likeness (QED) is 0.562. The van der Waals surface area contributed by atoms with Crippen molar-refractivity contribution in [2.24, 2.45) is 29.6 Å². The van der Waals surface area contributed by atoms with Crippen molar-refractivity contribution >= 4 is 5.97 Å². The van der Waals surface area contributed by atoms with Gasteiger partial charge in [-0.05, 0) is 99.0 Å². The van der Waals surface area contributed by atoms with Crippen LogP contribution in [-0.2, 0) is 9.53 Å². The topological polar surface area (TPSA) is 26.3 Å². The van der Waals surface area contributed by atoms with Crippen LogP contribution in [0.4, 0.5) is 0 Å². The van der Waals surface area contributed by atoms with Crippen molar-refractivity contribution in [2.75, 3.05) is 7.11 Å². The number of ether oxygens (including phenoxy) is 1. The first-order chi connectivity index (χ1) is 12.8. The van der Waals surface area contributed by atoms with E-state index in [-0.39, 0.29) is 11.9 Å². The first-order valence-electron chi connectivity index (χ1n) is 11.0. The molecule has 140 valence electrons. The van der Waals surface area contributed by atoms with Gasteiger partial charge in [0.1, 0.15) is 0 Å². The fourth-order valence-electron chi connectivity index (χ4n) is 6.96. The highest BCUT2D eigenvalue weighted by molar-refractivity contribution is 5.73. The van der Waals surface area contributed by atoms with Gasteiger partial charge >= 0.3 is 5.97 Å². The molecule has 0 aromatic carbocycles. The van der Waals surface area contributed by atoms with Gasteiger partial charge in [-0.1, -0.05) is 29.7 Å². The number of hydrogen-bond acceptors (Lipinski definition) is 2. The molecular weight excluding hydrogens is 320 g/mol. The summed E-state index contributed by atoms with van der Waals surface area (Å²) in [7, 11) is 1.54. The lowest BCUT2D eigenvalue weighted by molar-refractivity contribution is -0.146. The summed E-state index contributed by atoms with van der Waals surface area (Å²) in [5, 5.41) is 0. The first-order valence-corrected chi connectivity index (χ1v) is 11.0. The summed E-state index contributed by atoms with van der Waals surface area (Å²) in [5.41, 5.74) is 6.80. The van der Waals surface area contributed by atoms with E-state index in [0.29, 0.717) is 0 Å². The second-order valence-electron chi connectivity index (χ2n) is 9.30. The fraction of sp³-hybridized carbons (Fsp3) is 0.708. The van der Waals surface area contributed by atoms with Crippen molar-refractivity contribution < 1.29 is 9.53 Å². The van der Waals surface area contributed by atoms with Gasteiger partial charge in [-0.25, -0.2) is 0 Å². The molecule has 5 aliphatic carbocycles. The van der Waals surface area contributed by atoms with Crippen LogP contribution in [-0.4, -0.2) is 13.1 Å². The Morgan fingerprint density at radius 1 is 0.846 bits per heavy atom. The molecule has 0 saturated heterocycles. The lowest BCUT2D eigenvalue weighted by atomic mass is 9.58. The zero-order valence-corrected chi connectivity index (χ0v) is 16.1. The summed E-state index contributed by atoms with van der Waals surface area (Å²) in [6.07, 6.45) is 19.3. The SMILES string of the molecule is COC(=O)C1CCC2CCC3C(=C2C1)C=CC1=C2CCCCC2CCC13. The van der Waals surface area contributed by atoms with E-state index < -0.39 is 0 Å². The summed E-state index contributed by atoms with van der Waals surface area (Å²) >= 11 is 0. The average Bonchev–Trinajstić information content (AvgIpc) is 2.71. The van der Waals surface area contributed by atoms with Gasteiger partial charge in [0.25, 0.3) is 0 Å². The summed E-state index contributed by atoms with van der Waals surface area (Å²) in [4.78, 5) is 12.1. The molecule has 0 radical (unpaired) electrons. The predicted octanol–water partition coefficient (Wildman–Crippen LogP) is 5.75. The molecule has 5 unspecified atom stereocenters. The standard InChI is InChI=1S/C24H32O2/c1-26-24(25)17-7-6-16-9-11-21-20-10-8-15-4-2-3-5-18(15)19(20)12-13-22(21)23(16)14-17/h12-13,15-17,20-21H,2-11,14H2,1H3. The van der Waals surface area contributed by atoms with Crippen LogP contribution in [0.25, 0.3) is 0 Å². The van der Waals surface area contributed by atoms with Crippen molar-refractivity contribution in [3.05, 3.63) is 34.4 Å². The van der Waals surface area contributed by atoms with Crippen molar-refractivity contribution in [3.8, 4) is 0 Å². The van der Waals surface area contributed by atoms with E-state index in [2.05, 4.69) is 12.2 Å². The van der Waals surface area contributed by atoms with Crippen molar-refractivity contribution in [3.63, 3.8) is 0 Å². The maximum atomic E-state index is 12.1. The Balaban J connectivity index is 1.51. The molecule has 0 heterocycles. The third-order valence-electron chi connectivity index (χ3n) is 8.22. The van der Waals surface area contributed by atoms with Crippen LogP contribution in [0.3, 0.4) is 0 Å². The minimum Gasteiger partial charge on any atom is -0.469 e. The molecule has 26 heavy (non-hydrogen) atoms. The van der Waals surface area contributed by atoms with Crippen LogP contribution in [0.15, 0.2) is 34.4 Å². The number of rotatable bonds is 1. The lowest BCUT2D eigenvalue weighted by Gasteiger charge is -2.46. The summed E-state index contributed by atoms with van der Waals surface area (Å²) in [6, 6.07) is 0. The molecule has 5 aliphatic rings. The molecule has 0 aromatic rings. The molecule has 2 heteroatoms. The van der Waals surface area contributed by atoms with E-state index in [1.165, 1.54) is 64.9 Å². The number of hydrogen-bond donors (Lipinski definition) is 0. The number of carbonyl (C=O) groups excluding carboxylic acids is 1. The van der Waals surface area contributed by atoms with Gasteiger partial charge in [-0.15, -0.1) is 0 Å². The van der Waals surface area contributed by atoms with Crippen LogP contribution in [0, 0.1) is 29.6 Å². The Morgan fingerprint density at radius 3 is 2.23 bits per heavy atom. The molecule has 2 saturated carbocycles. The van der Waals surface area contributed by atoms with E-state index in [1.807, 2.05) is 5.57 Å². The molecule has 0 aliphatic heterocycles. The molecule has 2 fully saturated rings. The largest absolute Gasteiger partial charge is 0.469 e. The number of carbonyl (C=O) groups is 1. The van der Waals surface area contributed by atoms with E-state index >= 15 is 0 Å². The van der Waals surface area contributed by atoms with Gasteiger partial charge in [0, 0.05) is 0 Å². The van der Waals surface area contributed by atoms with Crippen LogP contribution in [0.2, 0.25) is 0 Å². The Kier molecular flexibility index (Phi) is 4.33. The average molecular weight is 353 g/mol. The zero-order chi connectivity index (χ0) is 17.7. The Bertz CT molecular complexity index is 695. The number of methoxy groups -OCH3 is 1. The number of fused-ring (bicyclic) bond motifs is 5. The van der Waals surface area contributed by atoms with Gasteiger partial charge in [0.2, 0.25) is 0 Å². The molecule has 0 aromatic heterocycles. The predicted molar refractivity (Wildman–Crippen MR) is 103 cm³/mol. The molecule has 0 amide bonds. The third-order valence-corrected chi connectivity index (χ3v) is 8.22. The molecule has 0 bridgehead atoms. The van der Waals surface area contributed by atoms with Crippen LogP contribution >= 0.6 is 0 Å². The monoisotopic (exact) mass is 352 g/mol. The normalized spacial score (nSPS) is 38.9. The maximum Gasteiger partial charge on any atom is 0.308 e. The van der Waals surface area contributed by atoms with E-state index in [9.17, 15) is 4.79 Å². The molecule has 5 rings (SSSR count). The minimum atomic E-state index is 0.00369. The Morgan fingerprint density at radius 2 is 1.50 bits per heavy atom. The van der Waals surface area contributed by atoms with Crippen LogP contribution in [0.5, 0.6) is 0 Å². The molecule has 0 spiro atoms. The van der Waals surface area contributed by atoms with Crippen molar-refractivity contribution in [1.29, 1.82) is 0 Å². The third kappa shape index (κ3) is 2.63. The van der Waals surface area contributed by atoms with E-state index in [1.54, 1.807) is 16.7 Å². The van der Waals surface area contributed by atoms with Gasteiger partial charge < -0.3 is 4.74 Å². The number of esters is 1. The highest BCUT2D eigenvalue weighted by Gasteiger charge is 2.42. The molecular formula is C24H32O2. The summed E-state index contributed by atoms with van der Waals surface area (Å²) in [5.74, 6) is 3.22. The van der Waals surface area contributed by atoms with Crippen molar-refractivity contribution in [2.45, 2.75) is 70.6 Å². The summed E-state index contributed by atoms with van der Waals surface area (Å²) < 4.78 is 5.06. The highest BCUT2D eigenvalue weighted by Crippen LogP contribution is 2.54. The van der Waals surface area contributed by atoms with Gasteiger partial charge in [0.05, 0.1) is 13.0 Å². The fourth-order valence-corrected chi connectivity index (χ4v) is 6.96. The molecule has 2 nitrogen and oxygen atoms in total. The molecule has 5 atom stereocenters. The number of allylic oxidation sites excluding steroid dienone is 6. The van der Waals surface area contributed by atoms with Gasteiger partial charge in [-0.3, -0.25) is 4.79 Å². The van der Waals surface area contributed by atoms with Gasteiger partial charge in [0.15, 0.2) is 0 Å². The smallest absolute Gasteiger partial charge is 0.308 e. The molecule has 0 N–H and O–H groups in total. The first kappa shape index (κ1) is 16.8. The van der Waals surface area contributed by atoms with E-state index in [0.717, 1.165) is 36.5 Å². The van der Waals surface area contributed by atoms with Crippen LogP contribution in [0.1, 0.15) is 70.6 Å². The zero-order valence-electron chi connectivity index (χ0n) is 16.1. The maximum absolute atomic E-state index is 12.1.